The molecular formula is C22H22N8O. The molecule has 4 aromatic rings. The first kappa shape index (κ1) is 19.1. The van der Waals surface area contributed by atoms with Gasteiger partial charge in [-0.3, -0.25) is 4.79 Å². The molecule has 0 unspecified atom stereocenters. The van der Waals surface area contributed by atoms with Crippen molar-refractivity contribution in [3.63, 3.8) is 0 Å². The predicted molar refractivity (Wildman–Crippen MR) is 120 cm³/mol. The fourth-order valence-electron chi connectivity index (χ4n) is 4.38. The fraction of sp³-hybridized carbons (Fsp3) is 0.318. The molecule has 9 heteroatoms. The first-order valence-electron chi connectivity index (χ1n) is 10.2. The van der Waals surface area contributed by atoms with Crippen molar-refractivity contribution in [2.45, 2.75) is 25.9 Å². The molecule has 1 aliphatic rings. The van der Waals surface area contributed by atoms with E-state index in [1.807, 2.05) is 22.8 Å². The Morgan fingerprint density at radius 2 is 1.90 bits per heavy atom. The van der Waals surface area contributed by atoms with Crippen LogP contribution in [0.25, 0.3) is 21.5 Å². The number of hydrogen-bond donors (Lipinski definition) is 0. The average molecular weight is 414 g/mol. The van der Waals surface area contributed by atoms with Crippen LogP contribution in [-0.2, 0) is 7.05 Å². The number of fused-ring (bicyclic) bond motifs is 2. The molecule has 0 bridgehead atoms. The maximum absolute atomic E-state index is 12.7. The van der Waals surface area contributed by atoms with Gasteiger partial charge in [0, 0.05) is 44.5 Å². The number of nitrogens with zero attached hydrogens (tertiary/aromatic N) is 8. The predicted octanol–water partition coefficient (Wildman–Crippen LogP) is 2.63. The monoisotopic (exact) mass is 414 g/mol. The number of pyridine rings is 2. The molecule has 1 aliphatic heterocycles. The summed E-state index contributed by atoms with van der Waals surface area (Å²) in [6, 6.07) is 9.17. The van der Waals surface area contributed by atoms with E-state index in [0.717, 1.165) is 29.2 Å². The van der Waals surface area contributed by atoms with Gasteiger partial charge in [0.2, 0.25) is 5.52 Å². The maximum atomic E-state index is 12.7. The number of imidazole rings is 1. The van der Waals surface area contributed by atoms with E-state index >= 15 is 0 Å². The first-order valence-corrected chi connectivity index (χ1v) is 10.2. The molecule has 0 radical (unpaired) electrons. The smallest absolute Gasteiger partial charge is 0.270 e. The Labute approximate surface area is 179 Å². The quantitative estimate of drug-likeness (QED) is 0.470. The van der Waals surface area contributed by atoms with Gasteiger partial charge in [0.05, 0.1) is 17.4 Å². The summed E-state index contributed by atoms with van der Waals surface area (Å²) in [5.74, 6) is 1.28. The summed E-state index contributed by atoms with van der Waals surface area (Å²) in [6.45, 7) is 13.1. The lowest BCUT2D eigenvalue weighted by Gasteiger charge is -2.45. The van der Waals surface area contributed by atoms with Crippen molar-refractivity contribution in [3.8, 4) is 0 Å². The molecule has 2 atom stereocenters. The summed E-state index contributed by atoms with van der Waals surface area (Å²) in [7, 11) is 1.73. The van der Waals surface area contributed by atoms with Gasteiger partial charge in [-0.15, -0.1) is 4.98 Å². The number of aryl methyl sites for hydroxylation is 1. The molecular weight excluding hydrogens is 392 g/mol. The van der Waals surface area contributed by atoms with Crippen LogP contribution in [0.1, 0.15) is 13.8 Å². The lowest BCUT2D eigenvalue weighted by molar-refractivity contribution is 0.475. The van der Waals surface area contributed by atoms with E-state index in [4.69, 9.17) is 6.57 Å². The van der Waals surface area contributed by atoms with Crippen LogP contribution >= 0.6 is 0 Å². The third-order valence-corrected chi connectivity index (χ3v) is 6.02. The third kappa shape index (κ3) is 2.99. The number of rotatable bonds is 2. The Morgan fingerprint density at radius 1 is 1.13 bits per heavy atom. The highest BCUT2D eigenvalue weighted by molar-refractivity contribution is 5.90. The van der Waals surface area contributed by atoms with Gasteiger partial charge < -0.3 is 19.2 Å². The number of hydrogen-bond acceptors (Lipinski definition) is 6. The summed E-state index contributed by atoms with van der Waals surface area (Å²) in [5, 5.41) is 4.45. The molecule has 0 aliphatic carbocycles. The zero-order valence-corrected chi connectivity index (χ0v) is 17.6. The van der Waals surface area contributed by atoms with Gasteiger partial charge in [-0.2, -0.15) is 9.61 Å². The van der Waals surface area contributed by atoms with E-state index in [9.17, 15) is 4.79 Å². The van der Waals surface area contributed by atoms with E-state index in [2.05, 4.69) is 43.6 Å². The molecule has 0 N–H and O–H groups in total. The standard InChI is InChI=1S/C22H22N8O/c1-14-13-29(20-11-24-19-6-5-9-25-30(19)20)15(2)12-28(14)17-10-21(31)27(4)16-7-8-18(23-3)26-22(16)17/h5-11,14-15H,12-13H2,1-2,4H3/t14-,15+/m0/s1. The average Bonchev–Trinajstić information content (AvgIpc) is 3.21. The minimum absolute atomic E-state index is 0.0897. The van der Waals surface area contributed by atoms with Gasteiger partial charge in [-0.05, 0) is 38.1 Å². The molecule has 1 fully saturated rings. The Hall–Kier alpha value is -3.93. The first-order chi connectivity index (χ1) is 15.0. The van der Waals surface area contributed by atoms with Gasteiger partial charge in [-0.1, -0.05) is 6.57 Å². The number of piperazine rings is 1. The van der Waals surface area contributed by atoms with Crippen LogP contribution in [0.3, 0.4) is 0 Å². The second-order valence-corrected chi connectivity index (χ2v) is 7.99. The fourth-order valence-corrected chi connectivity index (χ4v) is 4.38. The van der Waals surface area contributed by atoms with E-state index < -0.39 is 0 Å². The van der Waals surface area contributed by atoms with E-state index in [1.54, 1.807) is 36.0 Å². The zero-order valence-electron chi connectivity index (χ0n) is 17.6. The van der Waals surface area contributed by atoms with Crippen molar-refractivity contribution in [3.05, 3.63) is 64.5 Å². The van der Waals surface area contributed by atoms with E-state index in [1.165, 1.54) is 0 Å². The second kappa shape index (κ2) is 7.09. The highest BCUT2D eigenvalue weighted by atomic mass is 16.1. The van der Waals surface area contributed by atoms with Crippen molar-refractivity contribution < 1.29 is 0 Å². The van der Waals surface area contributed by atoms with Crippen LogP contribution in [0.4, 0.5) is 17.3 Å². The molecule has 0 saturated carbocycles. The summed E-state index contributed by atoms with van der Waals surface area (Å²) in [6.07, 6.45) is 3.62. The molecule has 5 heterocycles. The lowest BCUT2D eigenvalue weighted by Crippen LogP contribution is -2.57. The molecule has 5 rings (SSSR count). The minimum atomic E-state index is -0.0897. The van der Waals surface area contributed by atoms with Gasteiger partial charge >= 0.3 is 0 Å². The Balaban J connectivity index is 1.56. The summed E-state index contributed by atoms with van der Waals surface area (Å²) in [5.41, 5.74) is 2.91. The molecule has 1 saturated heterocycles. The van der Waals surface area contributed by atoms with Crippen molar-refractivity contribution in [1.82, 2.24) is 24.1 Å². The molecule has 0 spiro atoms. The largest absolute Gasteiger partial charge is 0.361 e. The molecule has 0 amide bonds. The van der Waals surface area contributed by atoms with Gasteiger partial charge in [-0.25, -0.2) is 4.98 Å². The van der Waals surface area contributed by atoms with Gasteiger partial charge in [0.25, 0.3) is 11.4 Å². The van der Waals surface area contributed by atoms with Crippen LogP contribution in [0, 0.1) is 6.57 Å². The van der Waals surface area contributed by atoms with Crippen LogP contribution in [0.15, 0.2) is 47.5 Å². The molecule has 156 valence electrons. The van der Waals surface area contributed by atoms with Gasteiger partial charge in [0.15, 0.2) is 11.5 Å². The topological polar surface area (TPSA) is 75.9 Å². The minimum Gasteiger partial charge on any atom is -0.361 e. The highest BCUT2D eigenvalue weighted by Crippen LogP contribution is 2.31. The normalized spacial score (nSPS) is 19.2. The molecule has 4 aromatic heterocycles. The van der Waals surface area contributed by atoms with E-state index in [-0.39, 0.29) is 17.6 Å². The van der Waals surface area contributed by atoms with Crippen molar-refractivity contribution in [2.24, 2.45) is 7.05 Å². The highest BCUT2D eigenvalue weighted by Gasteiger charge is 2.33. The number of anilines is 2. The lowest BCUT2D eigenvalue weighted by atomic mass is 10.1. The van der Waals surface area contributed by atoms with Crippen LogP contribution < -0.4 is 15.4 Å². The van der Waals surface area contributed by atoms with Crippen LogP contribution in [0.5, 0.6) is 0 Å². The number of aromatic nitrogens is 5. The molecule has 31 heavy (non-hydrogen) atoms. The van der Waals surface area contributed by atoms with Crippen LogP contribution in [0.2, 0.25) is 0 Å². The summed E-state index contributed by atoms with van der Waals surface area (Å²) in [4.78, 5) is 29.7. The summed E-state index contributed by atoms with van der Waals surface area (Å²) < 4.78 is 3.43. The second-order valence-electron chi connectivity index (χ2n) is 7.99. The summed E-state index contributed by atoms with van der Waals surface area (Å²) >= 11 is 0. The third-order valence-electron chi connectivity index (χ3n) is 6.02. The van der Waals surface area contributed by atoms with E-state index in [0.29, 0.717) is 17.9 Å². The van der Waals surface area contributed by atoms with Gasteiger partial charge in [0.1, 0.15) is 0 Å². The molecule has 0 aromatic carbocycles. The Morgan fingerprint density at radius 3 is 2.71 bits per heavy atom. The van der Waals surface area contributed by atoms with Crippen molar-refractivity contribution in [1.29, 1.82) is 0 Å². The molecule has 9 nitrogen and oxygen atoms in total. The van der Waals surface area contributed by atoms with Crippen LogP contribution in [-0.4, -0.2) is 49.3 Å². The maximum Gasteiger partial charge on any atom is 0.270 e. The zero-order chi connectivity index (χ0) is 21.7. The van der Waals surface area contributed by atoms with Crippen molar-refractivity contribution in [2.75, 3.05) is 22.9 Å². The Bertz CT molecular complexity index is 1400. The van der Waals surface area contributed by atoms with Crippen molar-refractivity contribution >= 4 is 34.0 Å². The Kier molecular flexibility index (Phi) is 4.36. The SMILES string of the molecule is [C-]#[N+]c1ccc2c(n1)c(N1C[C@@H](C)N(c3cnc4cccnn34)C[C@@H]1C)cc(=O)n2C.